The molecule has 260 valence electrons. The molecule has 0 unspecified atom stereocenters. The van der Waals surface area contributed by atoms with Crippen molar-refractivity contribution in [2.45, 2.75) is 97.5 Å². The summed E-state index contributed by atoms with van der Waals surface area (Å²) in [5.74, 6) is -68.2. The summed E-state index contributed by atoms with van der Waals surface area (Å²) < 4.78 is 286. The average molecular weight is 706 g/mol. The molecule has 0 spiro atoms. The van der Waals surface area contributed by atoms with Gasteiger partial charge in [0, 0.05) is 12.1 Å². The molecule has 2 N–H and O–H groups in total. The van der Waals surface area contributed by atoms with Crippen LogP contribution in [-0.4, -0.2) is 83.6 Å². The van der Waals surface area contributed by atoms with E-state index >= 15 is 0 Å². The predicted octanol–water partition coefficient (Wildman–Crippen LogP) is 6.74. The Morgan fingerprint density at radius 1 is 0.364 bits per heavy atom. The Bertz CT molecular complexity index is 986. The van der Waals surface area contributed by atoms with Gasteiger partial charge in [-0.15, -0.1) is 0 Å². The minimum absolute atomic E-state index is 0.808. The number of carbonyl (C=O) groups is 2. The first-order chi connectivity index (χ1) is 19.0. The van der Waals surface area contributed by atoms with Gasteiger partial charge < -0.3 is 10.6 Å². The van der Waals surface area contributed by atoms with Gasteiger partial charge in [0.2, 0.25) is 0 Å². The first-order valence-electron chi connectivity index (χ1n) is 10.8. The van der Waals surface area contributed by atoms with Crippen molar-refractivity contribution < 1.29 is 106 Å². The number of halogens is 22. The van der Waals surface area contributed by atoms with Crippen LogP contribution in [0, 0.1) is 0 Å². The van der Waals surface area contributed by atoms with E-state index in [0.717, 1.165) is 10.6 Å². The SMILES string of the molecule is O=C(NC1CCC(NC(=O)C(F)(F)C(F)(F)C(F)(F)C(F)(F)C(F)(F)F)CC1)C(F)(F)C(F)(F)C(F)(F)C(F)(F)C(F)(F)F. The Kier molecular flexibility index (Phi) is 9.88. The zero-order valence-corrected chi connectivity index (χ0v) is 20.1. The maximum Gasteiger partial charge on any atom is 0.460 e. The molecule has 1 rings (SSSR count). The van der Waals surface area contributed by atoms with Crippen molar-refractivity contribution in [3.05, 3.63) is 0 Å². The van der Waals surface area contributed by atoms with Gasteiger partial charge in [0.1, 0.15) is 0 Å². The minimum atomic E-state index is -7.95. The molecule has 0 aromatic rings. The first kappa shape index (κ1) is 39.4. The normalized spacial score (nSPS) is 20.8. The molecule has 26 heteroatoms. The van der Waals surface area contributed by atoms with Crippen molar-refractivity contribution in [3.63, 3.8) is 0 Å². The molecule has 0 radical (unpaired) electrons. The summed E-state index contributed by atoms with van der Waals surface area (Å²) in [6.45, 7) is 0. The molecule has 1 aliphatic rings. The maximum atomic E-state index is 13.8. The molecule has 0 heterocycles. The lowest BCUT2D eigenvalue weighted by atomic mass is 9.90. The Balaban J connectivity index is 3.02. The van der Waals surface area contributed by atoms with E-state index < -0.39 is 109 Å². The number of rotatable bonds is 10. The fourth-order valence-electron chi connectivity index (χ4n) is 3.36. The van der Waals surface area contributed by atoms with Crippen LogP contribution < -0.4 is 10.6 Å². The first-order valence-corrected chi connectivity index (χ1v) is 10.8. The zero-order valence-electron chi connectivity index (χ0n) is 20.1. The monoisotopic (exact) mass is 706 g/mol. The minimum Gasteiger partial charge on any atom is -0.348 e. The van der Waals surface area contributed by atoms with E-state index in [0.29, 0.717) is 0 Å². The number of carbonyl (C=O) groups excluding carboxylic acids is 2. The Morgan fingerprint density at radius 2 is 0.568 bits per heavy atom. The number of hydrogen-bond acceptors (Lipinski definition) is 2. The molecule has 2 amide bonds. The number of alkyl halides is 22. The van der Waals surface area contributed by atoms with Gasteiger partial charge in [-0.3, -0.25) is 9.59 Å². The second-order valence-electron chi connectivity index (χ2n) is 9.09. The largest absolute Gasteiger partial charge is 0.460 e. The Labute approximate surface area is 227 Å². The summed E-state index contributed by atoms with van der Waals surface area (Å²) in [6.07, 6.45) is -19.3. The van der Waals surface area contributed by atoms with E-state index in [-0.39, 0.29) is 0 Å². The second-order valence-corrected chi connectivity index (χ2v) is 9.09. The van der Waals surface area contributed by atoms with Crippen LogP contribution >= 0.6 is 0 Å². The highest BCUT2D eigenvalue weighted by atomic mass is 19.4. The third-order valence-corrected chi connectivity index (χ3v) is 6.05. The van der Waals surface area contributed by atoms with E-state index in [4.69, 9.17) is 0 Å². The van der Waals surface area contributed by atoms with Gasteiger partial charge in [0.25, 0.3) is 11.8 Å². The predicted molar refractivity (Wildman–Crippen MR) is 94.0 cm³/mol. The average Bonchev–Trinajstić information content (AvgIpc) is 2.82. The van der Waals surface area contributed by atoms with Crippen molar-refractivity contribution in [1.29, 1.82) is 0 Å². The molecule has 0 aliphatic heterocycles. The third-order valence-electron chi connectivity index (χ3n) is 6.05. The van der Waals surface area contributed by atoms with Crippen LogP contribution in [0.2, 0.25) is 0 Å². The molecular weight excluding hydrogens is 694 g/mol. The smallest absolute Gasteiger partial charge is 0.348 e. The van der Waals surface area contributed by atoms with Gasteiger partial charge in [0.05, 0.1) is 0 Å². The van der Waals surface area contributed by atoms with Crippen LogP contribution in [0.1, 0.15) is 25.7 Å². The molecule has 4 nitrogen and oxygen atoms in total. The van der Waals surface area contributed by atoms with Gasteiger partial charge in [-0.2, -0.15) is 96.6 Å². The molecule has 1 aliphatic carbocycles. The second kappa shape index (κ2) is 11.0. The lowest BCUT2D eigenvalue weighted by molar-refractivity contribution is -0.417. The number of hydrogen-bond donors (Lipinski definition) is 2. The van der Waals surface area contributed by atoms with Crippen LogP contribution in [0.5, 0.6) is 0 Å². The van der Waals surface area contributed by atoms with Crippen LogP contribution in [0.15, 0.2) is 0 Å². The molecule has 1 saturated carbocycles. The quantitative estimate of drug-likeness (QED) is 0.248. The molecule has 0 saturated heterocycles. The fourth-order valence-corrected chi connectivity index (χ4v) is 3.36. The lowest BCUT2D eigenvalue weighted by Gasteiger charge is -2.38. The number of nitrogens with one attached hydrogen (secondary N) is 2. The topological polar surface area (TPSA) is 58.2 Å². The van der Waals surface area contributed by atoms with Gasteiger partial charge >= 0.3 is 59.7 Å². The van der Waals surface area contributed by atoms with Gasteiger partial charge in [-0.05, 0) is 25.7 Å². The molecule has 0 bridgehead atoms. The molecule has 44 heavy (non-hydrogen) atoms. The molecule has 1 fully saturated rings. The van der Waals surface area contributed by atoms with E-state index in [1.165, 1.54) is 0 Å². The molecule has 0 aromatic carbocycles. The summed E-state index contributed by atoms with van der Waals surface area (Å²) in [5, 5.41) is 1.62. The third kappa shape index (κ3) is 5.88. The van der Waals surface area contributed by atoms with Gasteiger partial charge in [-0.25, -0.2) is 0 Å². The number of amides is 2. The Hall–Kier alpha value is -2.60. The van der Waals surface area contributed by atoms with Crippen molar-refractivity contribution in [3.8, 4) is 0 Å². The highest BCUT2D eigenvalue weighted by Gasteiger charge is 2.89. The van der Waals surface area contributed by atoms with E-state index in [1.807, 2.05) is 0 Å². The van der Waals surface area contributed by atoms with Gasteiger partial charge in [-0.1, -0.05) is 0 Å². The van der Waals surface area contributed by atoms with Crippen molar-refractivity contribution >= 4 is 11.8 Å². The summed E-state index contributed by atoms with van der Waals surface area (Å²) in [6, 6.07) is -4.02. The zero-order chi connectivity index (χ0) is 35.6. The van der Waals surface area contributed by atoms with E-state index in [1.54, 1.807) is 0 Å². The van der Waals surface area contributed by atoms with Crippen molar-refractivity contribution in [1.82, 2.24) is 10.6 Å². The van der Waals surface area contributed by atoms with E-state index in [2.05, 4.69) is 0 Å². The summed E-state index contributed by atoms with van der Waals surface area (Å²) in [5.41, 5.74) is 0. The van der Waals surface area contributed by atoms with Gasteiger partial charge in [0.15, 0.2) is 0 Å². The van der Waals surface area contributed by atoms with Crippen LogP contribution in [0.4, 0.5) is 96.6 Å². The summed E-state index contributed by atoms with van der Waals surface area (Å²) in [7, 11) is 0. The van der Waals surface area contributed by atoms with Crippen molar-refractivity contribution in [2.75, 3.05) is 0 Å². The van der Waals surface area contributed by atoms with Crippen LogP contribution in [0.3, 0.4) is 0 Å². The van der Waals surface area contributed by atoms with Crippen molar-refractivity contribution in [2.24, 2.45) is 0 Å². The molecule has 0 aromatic heterocycles. The lowest BCUT2D eigenvalue weighted by Crippen LogP contribution is -2.70. The molecular formula is C18H12F22N2O2. The fraction of sp³-hybridized carbons (Fsp3) is 0.889. The van der Waals surface area contributed by atoms with Crippen LogP contribution in [-0.2, 0) is 9.59 Å². The summed E-state index contributed by atoms with van der Waals surface area (Å²) >= 11 is 0. The Morgan fingerprint density at radius 3 is 0.750 bits per heavy atom. The molecule has 0 atom stereocenters. The highest BCUT2D eigenvalue weighted by molar-refractivity contribution is 5.86. The maximum absolute atomic E-state index is 13.8. The highest BCUT2D eigenvalue weighted by Crippen LogP contribution is 2.58. The summed E-state index contributed by atoms with van der Waals surface area (Å²) in [4.78, 5) is 23.0. The standard InChI is InChI=1S/C18H12F22N2O2/c19-9(20,11(23,24)13(27,28)15(31,32)17(35,36)37)7(43)41-5-1-2-6(4-3-5)42-8(44)10(21,22)12(25,26)14(29,30)16(33,34)18(38,39)40/h5-6H,1-4H2,(H,41,43)(H,42,44). The van der Waals surface area contributed by atoms with Crippen LogP contribution in [0.25, 0.3) is 0 Å². The van der Waals surface area contributed by atoms with E-state index in [9.17, 15) is 106 Å².